The van der Waals surface area contributed by atoms with E-state index in [4.69, 9.17) is 0 Å². The molecule has 1 fully saturated rings. The smallest absolute Gasteiger partial charge is 0.253 e. The summed E-state index contributed by atoms with van der Waals surface area (Å²) < 4.78 is 26.8. The summed E-state index contributed by atoms with van der Waals surface area (Å²) in [6, 6.07) is 6.06. The summed E-state index contributed by atoms with van der Waals surface area (Å²) in [7, 11) is -3.61. The standard InChI is InChI=1S/C17H25N3O4S/c1-4-18(5-2)17(22)15-6-8-16(9-7-15)25(23,24)20-12-10-19(11-13-20)14(3)21/h6-9H,4-5,10-13H2,1-3H3. The Morgan fingerprint density at radius 3 is 1.96 bits per heavy atom. The van der Waals surface area contributed by atoms with E-state index in [1.807, 2.05) is 13.8 Å². The van der Waals surface area contributed by atoms with Crippen molar-refractivity contribution in [3.8, 4) is 0 Å². The molecule has 2 rings (SSSR count). The van der Waals surface area contributed by atoms with Gasteiger partial charge in [-0.05, 0) is 38.1 Å². The molecule has 1 saturated heterocycles. The Balaban J connectivity index is 2.13. The third-order valence-corrected chi connectivity index (χ3v) is 6.39. The van der Waals surface area contributed by atoms with Crippen molar-refractivity contribution in [2.75, 3.05) is 39.3 Å². The van der Waals surface area contributed by atoms with E-state index in [0.717, 1.165) is 0 Å². The lowest BCUT2D eigenvalue weighted by Crippen LogP contribution is -2.49. The van der Waals surface area contributed by atoms with Gasteiger partial charge in [-0.25, -0.2) is 8.42 Å². The quantitative estimate of drug-likeness (QED) is 0.778. The van der Waals surface area contributed by atoms with E-state index in [9.17, 15) is 18.0 Å². The number of piperazine rings is 1. The van der Waals surface area contributed by atoms with Crippen molar-refractivity contribution in [2.45, 2.75) is 25.7 Å². The summed E-state index contributed by atoms with van der Waals surface area (Å²) in [6.07, 6.45) is 0. The highest BCUT2D eigenvalue weighted by atomic mass is 32.2. The number of sulfonamides is 1. The molecule has 1 aliphatic rings. The zero-order valence-corrected chi connectivity index (χ0v) is 15.8. The highest BCUT2D eigenvalue weighted by Crippen LogP contribution is 2.19. The molecule has 8 heteroatoms. The number of rotatable bonds is 5. The molecule has 1 aromatic carbocycles. The molecule has 138 valence electrons. The molecule has 25 heavy (non-hydrogen) atoms. The van der Waals surface area contributed by atoms with E-state index in [1.54, 1.807) is 21.9 Å². The summed E-state index contributed by atoms with van der Waals surface area (Å²) in [5, 5.41) is 0. The van der Waals surface area contributed by atoms with Gasteiger partial charge in [0.05, 0.1) is 4.90 Å². The van der Waals surface area contributed by atoms with Crippen molar-refractivity contribution in [1.82, 2.24) is 14.1 Å². The van der Waals surface area contributed by atoms with Crippen LogP contribution in [-0.4, -0.2) is 73.6 Å². The van der Waals surface area contributed by atoms with Crippen LogP contribution in [0.4, 0.5) is 0 Å². The van der Waals surface area contributed by atoms with Crippen LogP contribution in [-0.2, 0) is 14.8 Å². The number of nitrogens with zero attached hydrogens (tertiary/aromatic N) is 3. The molecule has 0 unspecified atom stereocenters. The van der Waals surface area contributed by atoms with E-state index in [-0.39, 0.29) is 29.8 Å². The fraction of sp³-hybridized carbons (Fsp3) is 0.529. The van der Waals surface area contributed by atoms with Gasteiger partial charge in [0.25, 0.3) is 5.91 Å². The highest BCUT2D eigenvalue weighted by molar-refractivity contribution is 7.89. The fourth-order valence-corrected chi connectivity index (χ4v) is 4.28. The molecule has 0 atom stereocenters. The maximum absolute atomic E-state index is 12.7. The first kappa shape index (κ1) is 19.4. The van der Waals surface area contributed by atoms with E-state index in [1.165, 1.54) is 23.4 Å². The first-order valence-corrected chi connectivity index (χ1v) is 9.90. The molecule has 0 bridgehead atoms. The van der Waals surface area contributed by atoms with E-state index < -0.39 is 10.0 Å². The Hall–Kier alpha value is -1.93. The maximum Gasteiger partial charge on any atom is 0.253 e. The van der Waals surface area contributed by atoms with Crippen LogP contribution in [0.5, 0.6) is 0 Å². The van der Waals surface area contributed by atoms with E-state index in [0.29, 0.717) is 31.7 Å². The van der Waals surface area contributed by atoms with Crippen LogP contribution in [0.15, 0.2) is 29.2 Å². The van der Waals surface area contributed by atoms with Gasteiger partial charge in [0.1, 0.15) is 0 Å². The van der Waals surface area contributed by atoms with Gasteiger partial charge in [0.2, 0.25) is 15.9 Å². The molecule has 1 aliphatic heterocycles. The van der Waals surface area contributed by atoms with Crippen LogP contribution in [0.1, 0.15) is 31.1 Å². The van der Waals surface area contributed by atoms with Crippen molar-refractivity contribution in [3.05, 3.63) is 29.8 Å². The fourth-order valence-electron chi connectivity index (χ4n) is 2.86. The maximum atomic E-state index is 12.7. The minimum absolute atomic E-state index is 0.0451. The average Bonchev–Trinajstić information content (AvgIpc) is 2.62. The van der Waals surface area contributed by atoms with Gasteiger partial charge in [0, 0.05) is 51.8 Å². The molecule has 0 saturated carbocycles. The predicted molar refractivity (Wildman–Crippen MR) is 94.7 cm³/mol. The number of carbonyl (C=O) groups excluding carboxylic acids is 2. The molecule has 0 N–H and O–H groups in total. The van der Waals surface area contributed by atoms with Crippen LogP contribution < -0.4 is 0 Å². The number of carbonyl (C=O) groups is 2. The summed E-state index contributed by atoms with van der Waals surface area (Å²) in [5.41, 5.74) is 0.476. The molecule has 1 aromatic rings. The van der Waals surface area contributed by atoms with Crippen molar-refractivity contribution >= 4 is 21.8 Å². The summed E-state index contributed by atoms with van der Waals surface area (Å²) in [4.78, 5) is 27.1. The topological polar surface area (TPSA) is 78.0 Å². The molecule has 0 spiro atoms. The van der Waals surface area contributed by atoms with Gasteiger partial charge < -0.3 is 9.80 Å². The number of hydrogen-bond donors (Lipinski definition) is 0. The summed E-state index contributed by atoms with van der Waals surface area (Å²) >= 11 is 0. The van der Waals surface area contributed by atoms with Crippen molar-refractivity contribution in [2.24, 2.45) is 0 Å². The molecule has 1 heterocycles. The zero-order valence-electron chi connectivity index (χ0n) is 14.9. The van der Waals surface area contributed by atoms with Gasteiger partial charge >= 0.3 is 0 Å². The van der Waals surface area contributed by atoms with Crippen LogP contribution >= 0.6 is 0 Å². The van der Waals surface area contributed by atoms with Gasteiger partial charge in [-0.3, -0.25) is 9.59 Å². The van der Waals surface area contributed by atoms with Crippen molar-refractivity contribution < 1.29 is 18.0 Å². The largest absolute Gasteiger partial charge is 0.340 e. The average molecular weight is 367 g/mol. The molecular weight excluding hydrogens is 342 g/mol. The summed E-state index contributed by atoms with van der Waals surface area (Å²) in [6.45, 7) is 7.85. The van der Waals surface area contributed by atoms with E-state index >= 15 is 0 Å². The second-order valence-electron chi connectivity index (χ2n) is 5.91. The first-order chi connectivity index (χ1) is 11.8. The Labute approximate surface area is 149 Å². The highest BCUT2D eigenvalue weighted by Gasteiger charge is 2.29. The lowest BCUT2D eigenvalue weighted by atomic mass is 10.2. The van der Waals surface area contributed by atoms with Crippen molar-refractivity contribution in [1.29, 1.82) is 0 Å². The molecular formula is C17H25N3O4S. The zero-order chi connectivity index (χ0) is 18.6. The lowest BCUT2D eigenvalue weighted by molar-refractivity contribution is -0.129. The van der Waals surface area contributed by atoms with Crippen LogP contribution in [0.3, 0.4) is 0 Å². The Bertz CT molecular complexity index is 719. The van der Waals surface area contributed by atoms with Gasteiger partial charge in [-0.2, -0.15) is 4.31 Å². The predicted octanol–water partition coefficient (Wildman–Crippen LogP) is 1.02. The van der Waals surface area contributed by atoms with Gasteiger partial charge in [0.15, 0.2) is 0 Å². The second kappa shape index (κ2) is 7.97. The molecule has 0 radical (unpaired) electrons. The monoisotopic (exact) mass is 367 g/mol. The molecule has 7 nitrogen and oxygen atoms in total. The van der Waals surface area contributed by atoms with E-state index in [2.05, 4.69) is 0 Å². The van der Waals surface area contributed by atoms with Crippen molar-refractivity contribution in [3.63, 3.8) is 0 Å². The third-order valence-electron chi connectivity index (χ3n) is 4.47. The minimum atomic E-state index is -3.61. The third kappa shape index (κ3) is 4.19. The Morgan fingerprint density at radius 1 is 1.00 bits per heavy atom. The Morgan fingerprint density at radius 2 is 1.52 bits per heavy atom. The van der Waals surface area contributed by atoms with Crippen LogP contribution in [0, 0.1) is 0 Å². The second-order valence-corrected chi connectivity index (χ2v) is 7.85. The van der Waals surface area contributed by atoms with Gasteiger partial charge in [-0.1, -0.05) is 0 Å². The number of hydrogen-bond acceptors (Lipinski definition) is 4. The number of benzene rings is 1. The lowest BCUT2D eigenvalue weighted by Gasteiger charge is -2.33. The molecule has 2 amide bonds. The Kier molecular flexibility index (Phi) is 6.18. The molecule has 0 aliphatic carbocycles. The van der Waals surface area contributed by atoms with Gasteiger partial charge in [-0.15, -0.1) is 0 Å². The molecule has 0 aromatic heterocycles. The number of amides is 2. The van der Waals surface area contributed by atoms with Crippen LogP contribution in [0.25, 0.3) is 0 Å². The minimum Gasteiger partial charge on any atom is -0.340 e. The van der Waals surface area contributed by atoms with Crippen LogP contribution in [0.2, 0.25) is 0 Å². The normalized spacial score (nSPS) is 15.9. The first-order valence-electron chi connectivity index (χ1n) is 8.46. The SMILES string of the molecule is CCN(CC)C(=O)c1ccc(S(=O)(=O)N2CCN(C(C)=O)CC2)cc1. The summed E-state index contributed by atoms with van der Waals surface area (Å²) in [5.74, 6) is -0.152.